The molecule has 2 aromatic carbocycles. The van der Waals surface area contributed by atoms with E-state index in [-0.39, 0.29) is 28.1 Å². The van der Waals surface area contributed by atoms with Gasteiger partial charge in [-0.1, -0.05) is 11.6 Å². The van der Waals surface area contributed by atoms with Crippen molar-refractivity contribution in [1.82, 2.24) is 9.71 Å². The maximum Gasteiger partial charge on any atom is 0.255 e. The van der Waals surface area contributed by atoms with E-state index in [4.69, 9.17) is 20.8 Å². The predicted molar refractivity (Wildman–Crippen MR) is 112 cm³/mol. The molecule has 4 rings (SSSR count). The molecule has 0 bridgehead atoms. The molecule has 1 atom stereocenters. The zero-order valence-electron chi connectivity index (χ0n) is 16.1. The summed E-state index contributed by atoms with van der Waals surface area (Å²) >= 11 is 6.11. The summed E-state index contributed by atoms with van der Waals surface area (Å²) in [5.41, 5.74) is 1.90. The number of amides is 1. The summed E-state index contributed by atoms with van der Waals surface area (Å²) in [6.45, 7) is 2.52. The summed E-state index contributed by atoms with van der Waals surface area (Å²) in [5, 5.41) is 2.77. The summed E-state index contributed by atoms with van der Waals surface area (Å²) in [6, 6.07) is 9.19. The highest BCUT2D eigenvalue weighted by Crippen LogP contribution is 2.25. The summed E-state index contributed by atoms with van der Waals surface area (Å²) < 4.78 is 38.7. The number of ether oxygens (including phenoxy) is 1. The molecule has 1 aliphatic heterocycles. The molecule has 1 aromatic heterocycles. The molecule has 0 saturated carbocycles. The maximum absolute atomic E-state index is 12.7. The number of benzene rings is 2. The molecule has 1 amide bonds. The largest absolute Gasteiger partial charge is 0.441 e. The van der Waals surface area contributed by atoms with Crippen molar-refractivity contribution >= 4 is 44.3 Å². The number of anilines is 1. The van der Waals surface area contributed by atoms with Crippen LogP contribution in [0.15, 0.2) is 45.7 Å². The molecule has 8 nitrogen and oxygen atoms in total. The number of carbonyl (C=O) groups is 1. The van der Waals surface area contributed by atoms with Gasteiger partial charge in [0.1, 0.15) is 10.4 Å². The molecule has 1 aliphatic rings. The normalized spacial score (nSPS) is 16.8. The van der Waals surface area contributed by atoms with Gasteiger partial charge in [-0.3, -0.25) is 4.79 Å². The average Bonchev–Trinajstić information content (AvgIpc) is 3.35. The molecule has 158 valence electrons. The maximum atomic E-state index is 12.7. The van der Waals surface area contributed by atoms with Gasteiger partial charge in [-0.15, -0.1) is 0 Å². The van der Waals surface area contributed by atoms with Crippen LogP contribution in [0, 0.1) is 6.92 Å². The molecule has 10 heteroatoms. The fraction of sp³-hybridized carbons (Fsp3) is 0.300. The molecular formula is C20H20ClN3O5S. The smallest absolute Gasteiger partial charge is 0.255 e. The molecule has 2 heterocycles. The molecule has 3 aromatic rings. The van der Waals surface area contributed by atoms with Crippen molar-refractivity contribution in [2.24, 2.45) is 0 Å². The minimum Gasteiger partial charge on any atom is -0.441 e. The van der Waals surface area contributed by atoms with Crippen molar-refractivity contribution in [2.75, 3.05) is 18.5 Å². The lowest BCUT2D eigenvalue weighted by atomic mass is 10.2. The average molecular weight is 450 g/mol. The summed E-state index contributed by atoms with van der Waals surface area (Å²) in [5.74, 6) is 0.0540. The van der Waals surface area contributed by atoms with Crippen molar-refractivity contribution in [2.45, 2.75) is 30.8 Å². The van der Waals surface area contributed by atoms with Gasteiger partial charge in [-0.05, 0) is 49.2 Å². The van der Waals surface area contributed by atoms with E-state index in [1.807, 2.05) is 0 Å². The zero-order chi connectivity index (χ0) is 21.3. The molecule has 1 saturated heterocycles. The van der Waals surface area contributed by atoms with Gasteiger partial charge >= 0.3 is 0 Å². The van der Waals surface area contributed by atoms with E-state index in [2.05, 4.69) is 15.0 Å². The van der Waals surface area contributed by atoms with E-state index in [0.29, 0.717) is 29.3 Å². The van der Waals surface area contributed by atoms with Crippen LogP contribution in [-0.2, 0) is 14.8 Å². The second-order valence-electron chi connectivity index (χ2n) is 7.00. The highest BCUT2D eigenvalue weighted by Gasteiger charge is 2.23. The molecular weight excluding hydrogens is 430 g/mol. The van der Waals surface area contributed by atoms with Gasteiger partial charge in [0.25, 0.3) is 5.91 Å². The fourth-order valence-electron chi connectivity index (χ4n) is 3.26. The Balaban J connectivity index is 1.52. The number of aromatic nitrogens is 1. The van der Waals surface area contributed by atoms with Gasteiger partial charge in [0, 0.05) is 31.3 Å². The third-order valence-electron chi connectivity index (χ3n) is 4.76. The quantitative estimate of drug-likeness (QED) is 0.595. The first-order valence-electron chi connectivity index (χ1n) is 9.41. The Hall–Kier alpha value is -2.46. The van der Waals surface area contributed by atoms with Gasteiger partial charge < -0.3 is 14.5 Å². The first kappa shape index (κ1) is 20.8. The summed E-state index contributed by atoms with van der Waals surface area (Å²) in [4.78, 5) is 16.8. The van der Waals surface area contributed by atoms with Crippen molar-refractivity contribution in [3.8, 4) is 0 Å². The Labute approximate surface area is 178 Å². The molecule has 0 aliphatic carbocycles. The van der Waals surface area contributed by atoms with Crippen LogP contribution in [0.5, 0.6) is 0 Å². The van der Waals surface area contributed by atoms with Crippen LogP contribution in [0.3, 0.4) is 0 Å². The Morgan fingerprint density at radius 1 is 1.27 bits per heavy atom. The lowest BCUT2D eigenvalue weighted by Crippen LogP contribution is -2.32. The summed E-state index contributed by atoms with van der Waals surface area (Å²) in [6.07, 6.45) is 1.55. The van der Waals surface area contributed by atoms with E-state index < -0.39 is 15.9 Å². The number of rotatable bonds is 6. The third kappa shape index (κ3) is 4.49. The summed E-state index contributed by atoms with van der Waals surface area (Å²) in [7, 11) is -3.90. The van der Waals surface area contributed by atoms with Crippen LogP contribution >= 0.6 is 11.6 Å². The van der Waals surface area contributed by atoms with Crippen LogP contribution < -0.4 is 10.0 Å². The topological polar surface area (TPSA) is 111 Å². The lowest BCUT2D eigenvalue weighted by Gasteiger charge is -2.13. The van der Waals surface area contributed by atoms with Gasteiger partial charge in [0.05, 0.1) is 11.1 Å². The standard InChI is InChI=1S/C20H20ClN3O5S/c1-12-23-17-10-14(5-7-18(17)29-12)24-20(25)13-4-6-16(21)19(9-13)30(26,27)22-11-15-3-2-8-28-15/h4-7,9-10,15,22H,2-3,8,11H2,1H3,(H,24,25). The van der Waals surface area contributed by atoms with Crippen molar-refractivity contribution < 1.29 is 22.4 Å². The highest BCUT2D eigenvalue weighted by atomic mass is 35.5. The van der Waals surface area contributed by atoms with Gasteiger partial charge in [0.15, 0.2) is 11.5 Å². The van der Waals surface area contributed by atoms with Crippen molar-refractivity contribution in [1.29, 1.82) is 0 Å². The first-order valence-corrected chi connectivity index (χ1v) is 11.3. The minimum absolute atomic E-state index is 0.0332. The number of oxazole rings is 1. The lowest BCUT2D eigenvalue weighted by molar-refractivity contribution is 0.102. The van der Waals surface area contributed by atoms with Crippen LogP contribution in [0.1, 0.15) is 29.1 Å². The molecule has 30 heavy (non-hydrogen) atoms. The van der Waals surface area contributed by atoms with E-state index in [1.54, 1.807) is 25.1 Å². The molecule has 2 N–H and O–H groups in total. The molecule has 1 fully saturated rings. The predicted octanol–water partition coefficient (Wildman–Crippen LogP) is 3.50. The Morgan fingerprint density at radius 3 is 2.87 bits per heavy atom. The van der Waals surface area contributed by atoms with Crippen LogP contribution in [0.4, 0.5) is 5.69 Å². The molecule has 0 radical (unpaired) electrons. The number of sulfonamides is 1. The number of nitrogens with one attached hydrogen (secondary N) is 2. The van der Waals surface area contributed by atoms with Gasteiger partial charge in [0.2, 0.25) is 10.0 Å². The Kier molecular flexibility index (Phi) is 5.79. The van der Waals surface area contributed by atoms with Gasteiger partial charge in [-0.2, -0.15) is 0 Å². The Bertz CT molecular complexity index is 1200. The van der Waals surface area contributed by atoms with E-state index in [9.17, 15) is 13.2 Å². The van der Waals surface area contributed by atoms with Crippen LogP contribution in [0.2, 0.25) is 5.02 Å². The van der Waals surface area contributed by atoms with Crippen LogP contribution in [0.25, 0.3) is 11.1 Å². The number of hydrogen-bond donors (Lipinski definition) is 2. The number of fused-ring (bicyclic) bond motifs is 1. The monoisotopic (exact) mass is 449 g/mol. The minimum atomic E-state index is -3.90. The molecule has 0 spiro atoms. The van der Waals surface area contributed by atoms with Crippen molar-refractivity contribution in [3.05, 3.63) is 52.9 Å². The number of nitrogens with zero attached hydrogens (tertiary/aromatic N) is 1. The van der Waals surface area contributed by atoms with E-state index in [1.165, 1.54) is 18.2 Å². The third-order valence-corrected chi connectivity index (χ3v) is 6.67. The van der Waals surface area contributed by atoms with E-state index in [0.717, 1.165) is 12.8 Å². The fourth-order valence-corrected chi connectivity index (χ4v) is 4.85. The first-order chi connectivity index (χ1) is 14.3. The SMILES string of the molecule is Cc1nc2cc(NC(=O)c3ccc(Cl)c(S(=O)(=O)NCC4CCCO4)c3)ccc2o1. The second kappa shape index (κ2) is 8.35. The van der Waals surface area contributed by atoms with Crippen LogP contribution in [-0.4, -0.2) is 38.6 Å². The Morgan fingerprint density at radius 2 is 2.10 bits per heavy atom. The van der Waals surface area contributed by atoms with Crippen molar-refractivity contribution in [3.63, 3.8) is 0 Å². The highest BCUT2D eigenvalue weighted by molar-refractivity contribution is 7.89. The van der Waals surface area contributed by atoms with Gasteiger partial charge in [-0.25, -0.2) is 18.1 Å². The zero-order valence-corrected chi connectivity index (χ0v) is 17.7. The molecule has 1 unspecified atom stereocenters. The van der Waals surface area contributed by atoms with E-state index >= 15 is 0 Å². The number of halogens is 1. The number of aryl methyl sites for hydroxylation is 1. The number of hydrogen-bond acceptors (Lipinski definition) is 6. The number of carbonyl (C=O) groups excluding carboxylic acids is 1. The second-order valence-corrected chi connectivity index (χ2v) is 9.14.